The minimum Gasteiger partial charge on any atom is -0.459 e. The second kappa shape index (κ2) is 15.3. The van der Waals surface area contributed by atoms with Gasteiger partial charge in [-0.1, -0.05) is 66.0 Å². The Labute approximate surface area is 250 Å². The monoisotopic (exact) mass is 573 g/mol. The van der Waals surface area contributed by atoms with Gasteiger partial charge in [-0.25, -0.2) is 9.97 Å². The van der Waals surface area contributed by atoms with Crippen molar-refractivity contribution in [1.82, 2.24) is 25.6 Å². The summed E-state index contributed by atoms with van der Waals surface area (Å²) in [6.45, 7) is 12.8. The molecule has 1 amide bonds. The maximum Gasteiger partial charge on any atom is 0.287 e. The lowest BCUT2D eigenvalue weighted by Crippen LogP contribution is -2.31. The van der Waals surface area contributed by atoms with Crippen LogP contribution in [0.3, 0.4) is 0 Å². The molecule has 9 heteroatoms. The number of nitrogens with one attached hydrogen (secondary N) is 4. The highest BCUT2D eigenvalue weighted by Gasteiger charge is 2.26. The zero-order valence-corrected chi connectivity index (χ0v) is 26.2. The molecular weight excluding hydrogens is 526 g/mol. The highest BCUT2D eigenvalue weighted by molar-refractivity contribution is 5.92. The number of ether oxygens (including phenoxy) is 1. The van der Waals surface area contributed by atoms with E-state index in [2.05, 4.69) is 77.7 Å². The van der Waals surface area contributed by atoms with Gasteiger partial charge in [-0.2, -0.15) is 4.98 Å². The third-order valence-electron chi connectivity index (χ3n) is 7.49. The predicted octanol–water partition coefficient (Wildman–Crippen LogP) is 6.98. The number of unbranched alkanes of at least 4 members (excludes halogenated alkanes) is 2. The number of anilines is 1. The number of aromatic nitrogens is 3. The van der Waals surface area contributed by atoms with Gasteiger partial charge in [0, 0.05) is 25.0 Å². The Bertz CT molecular complexity index is 1340. The van der Waals surface area contributed by atoms with Crippen LogP contribution in [0.2, 0.25) is 0 Å². The Kier molecular flexibility index (Phi) is 11.8. The second-order valence-electron chi connectivity index (χ2n) is 11.7. The molecule has 0 saturated carbocycles. The molecule has 1 aromatic carbocycles. The molecule has 0 aliphatic carbocycles. The van der Waals surface area contributed by atoms with Crippen LogP contribution in [-0.4, -0.2) is 34.1 Å². The zero-order valence-electron chi connectivity index (χ0n) is 26.2. The lowest BCUT2D eigenvalue weighted by molar-refractivity contribution is -0.121. The molecule has 1 unspecified atom stereocenters. The number of benzene rings is 1. The highest BCUT2D eigenvalue weighted by Crippen LogP contribution is 2.34. The van der Waals surface area contributed by atoms with E-state index in [0.29, 0.717) is 23.2 Å². The van der Waals surface area contributed by atoms with Crippen molar-refractivity contribution in [3.63, 3.8) is 0 Å². The number of carbonyl (C=O) groups is 1. The molecule has 2 heterocycles. The first-order valence-corrected chi connectivity index (χ1v) is 14.9. The van der Waals surface area contributed by atoms with Crippen LogP contribution >= 0.6 is 0 Å². The average molecular weight is 574 g/mol. The molecule has 1 aliphatic rings. The van der Waals surface area contributed by atoms with Crippen LogP contribution in [0, 0.1) is 10.8 Å². The largest absolute Gasteiger partial charge is 0.459 e. The van der Waals surface area contributed by atoms with E-state index >= 15 is 0 Å². The van der Waals surface area contributed by atoms with Gasteiger partial charge in [0.05, 0.1) is 18.0 Å². The zero-order chi connectivity index (χ0) is 30.7. The molecule has 3 rings (SSSR count). The number of amides is 1. The van der Waals surface area contributed by atoms with E-state index in [1.165, 1.54) is 18.1 Å². The van der Waals surface area contributed by atoms with Gasteiger partial charge in [-0.15, -0.1) is 0 Å². The van der Waals surface area contributed by atoms with Crippen LogP contribution in [0.1, 0.15) is 97.2 Å². The highest BCUT2D eigenvalue weighted by atomic mass is 16.5. The molecule has 226 valence electrons. The summed E-state index contributed by atoms with van der Waals surface area (Å²) in [5, 5.41) is 16.8. The summed E-state index contributed by atoms with van der Waals surface area (Å²) >= 11 is 0. The van der Waals surface area contributed by atoms with Crippen LogP contribution in [-0.2, 0) is 16.0 Å². The van der Waals surface area contributed by atoms with E-state index in [9.17, 15) is 4.79 Å². The first-order valence-electron chi connectivity index (χ1n) is 14.9. The molecule has 0 radical (unpaired) electrons. The van der Waals surface area contributed by atoms with Crippen LogP contribution in [0.25, 0.3) is 11.4 Å². The molecule has 0 saturated heterocycles. The molecule has 9 nitrogen and oxygen atoms in total. The van der Waals surface area contributed by atoms with Crippen molar-refractivity contribution in [2.45, 2.75) is 92.5 Å². The Morgan fingerprint density at radius 3 is 2.62 bits per heavy atom. The standard InChI is InChI=1S/C33H47N7O2/c1-8-10-11-12-28(39-31(41)29-22(3)13-15-25(20-42-29)33(4,5)6)27-16-14-24(17-23(27)9-2)30-36-21-37-32(40-30)38-26(18-34)19-35-7/h14,16-21,28,34-35H,8-13,15H2,1-7H3,(H,39,41)(H,36,37,38,40)/b26-19+,34-18?. The molecule has 1 aromatic heterocycles. The van der Waals surface area contributed by atoms with Crippen molar-refractivity contribution in [1.29, 1.82) is 5.41 Å². The fraction of sp³-hybridized carbons (Fsp3) is 0.485. The van der Waals surface area contributed by atoms with E-state index in [0.717, 1.165) is 67.2 Å². The average Bonchev–Trinajstić information content (AvgIpc) is 3.18. The van der Waals surface area contributed by atoms with Gasteiger partial charge in [0.25, 0.3) is 5.91 Å². The Hall–Kier alpha value is -4.01. The van der Waals surface area contributed by atoms with Crippen molar-refractivity contribution in [2.75, 3.05) is 12.4 Å². The molecule has 0 spiro atoms. The van der Waals surface area contributed by atoms with Gasteiger partial charge < -0.3 is 26.1 Å². The number of allylic oxidation sites excluding steroid dienone is 3. The van der Waals surface area contributed by atoms with Gasteiger partial charge in [0.15, 0.2) is 11.6 Å². The number of hydrogen-bond acceptors (Lipinski definition) is 8. The maximum absolute atomic E-state index is 13.6. The summed E-state index contributed by atoms with van der Waals surface area (Å²) in [4.78, 5) is 26.8. The second-order valence-corrected chi connectivity index (χ2v) is 11.7. The predicted molar refractivity (Wildman–Crippen MR) is 170 cm³/mol. The van der Waals surface area contributed by atoms with Gasteiger partial charge >= 0.3 is 0 Å². The molecule has 2 aromatic rings. The number of rotatable bonds is 13. The number of aryl methyl sites for hydroxylation is 1. The van der Waals surface area contributed by atoms with E-state index in [1.54, 1.807) is 19.5 Å². The summed E-state index contributed by atoms with van der Waals surface area (Å²) < 4.78 is 6.03. The van der Waals surface area contributed by atoms with Crippen LogP contribution in [0.15, 0.2) is 59.6 Å². The van der Waals surface area contributed by atoms with Gasteiger partial charge in [0.1, 0.15) is 6.33 Å². The molecular formula is C33H47N7O2. The lowest BCUT2D eigenvalue weighted by Gasteiger charge is -2.23. The third kappa shape index (κ3) is 8.74. The Morgan fingerprint density at radius 1 is 1.17 bits per heavy atom. The number of carbonyl (C=O) groups excluding carboxylic acids is 1. The fourth-order valence-corrected chi connectivity index (χ4v) is 4.94. The summed E-state index contributed by atoms with van der Waals surface area (Å²) in [6.07, 6.45) is 12.6. The normalized spacial score (nSPS) is 14.8. The van der Waals surface area contributed by atoms with Gasteiger partial charge in [-0.05, 0) is 66.4 Å². The molecule has 4 N–H and O–H groups in total. The Morgan fingerprint density at radius 2 is 1.95 bits per heavy atom. The van der Waals surface area contributed by atoms with Crippen molar-refractivity contribution in [3.8, 4) is 11.4 Å². The van der Waals surface area contributed by atoms with Crippen molar-refractivity contribution < 1.29 is 9.53 Å². The van der Waals surface area contributed by atoms with E-state index in [4.69, 9.17) is 10.1 Å². The minimum absolute atomic E-state index is 0.00615. The van der Waals surface area contributed by atoms with E-state index in [-0.39, 0.29) is 17.4 Å². The third-order valence-corrected chi connectivity index (χ3v) is 7.49. The Balaban J connectivity index is 1.90. The quantitative estimate of drug-likeness (QED) is 0.151. The first kappa shape index (κ1) is 32.5. The van der Waals surface area contributed by atoms with Gasteiger partial charge in [0.2, 0.25) is 5.95 Å². The molecule has 1 aliphatic heterocycles. The van der Waals surface area contributed by atoms with Crippen LogP contribution in [0.4, 0.5) is 5.95 Å². The van der Waals surface area contributed by atoms with E-state index < -0.39 is 0 Å². The van der Waals surface area contributed by atoms with Crippen molar-refractivity contribution >= 4 is 18.1 Å². The molecule has 42 heavy (non-hydrogen) atoms. The van der Waals surface area contributed by atoms with Gasteiger partial charge in [-0.3, -0.25) is 4.79 Å². The van der Waals surface area contributed by atoms with Crippen LogP contribution < -0.4 is 16.0 Å². The topological polar surface area (TPSA) is 125 Å². The fourth-order valence-electron chi connectivity index (χ4n) is 4.94. The molecule has 0 bridgehead atoms. The summed E-state index contributed by atoms with van der Waals surface area (Å²) in [5.41, 5.74) is 5.78. The smallest absolute Gasteiger partial charge is 0.287 e. The molecule has 0 fully saturated rings. The number of hydrogen-bond donors (Lipinski definition) is 4. The number of nitrogens with zero attached hydrogens (tertiary/aromatic N) is 3. The summed E-state index contributed by atoms with van der Waals surface area (Å²) in [6, 6.07) is 6.03. The lowest BCUT2D eigenvalue weighted by atomic mass is 9.84. The minimum atomic E-state index is -0.170. The van der Waals surface area contributed by atoms with Crippen LogP contribution in [0.5, 0.6) is 0 Å². The molecule has 1 atom stereocenters. The van der Waals surface area contributed by atoms with Crippen molar-refractivity contribution in [3.05, 3.63) is 70.7 Å². The summed E-state index contributed by atoms with van der Waals surface area (Å²) in [7, 11) is 1.76. The maximum atomic E-state index is 13.6. The SMILES string of the molecule is CCCCCC(NC(=O)C1=C(C)CCC(C(C)(C)C)=CO1)c1ccc(-c2ncnc(N/C(C=N)=C/NC)n2)cc1CC. The van der Waals surface area contributed by atoms with Crippen molar-refractivity contribution in [2.24, 2.45) is 5.41 Å². The summed E-state index contributed by atoms with van der Waals surface area (Å²) in [5.74, 6) is 1.12. The first-order chi connectivity index (χ1) is 20.1. The van der Waals surface area contributed by atoms with E-state index in [1.807, 2.05) is 13.0 Å².